The van der Waals surface area contributed by atoms with Gasteiger partial charge in [0.1, 0.15) is 11.5 Å². The molecular weight excluding hydrogens is 178 g/mol. The van der Waals surface area contributed by atoms with Crippen molar-refractivity contribution in [3.05, 3.63) is 6.20 Å². The number of aromatic nitrogens is 1. The van der Waals surface area contributed by atoms with Gasteiger partial charge in [-0.1, -0.05) is 11.3 Å². The van der Waals surface area contributed by atoms with Crippen LogP contribution in [-0.2, 0) is 4.79 Å². The van der Waals surface area contributed by atoms with Crippen molar-refractivity contribution < 1.29 is 9.90 Å². The number of nitrogens with two attached hydrogens (primary N) is 1. The monoisotopic (exact) mass is 187 g/mol. The predicted octanol–water partition coefficient (Wildman–Crippen LogP) is 0.246. The van der Waals surface area contributed by atoms with Gasteiger partial charge in [0.05, 0.1) is 6.20 Å². The van der Waals surface area contributed by atoms with Gasteiger partial charge >= 0.3 is 5.97 Å². The highest BCUT2D eigenvalue weighted by Crippen LogP contribution is 2.22. The average molecular weight is 187 g/mol. The molecule has 0 aromatic carbocycles. The van der Waals surface area contributed by atoms with Crippen LogP contribution in [0.4, 0.5) is 10.1 Å². The summed E-state index contributed by atoms with van der Waals surface area (Å²) in [5, 5.41) is 9.66. The van der Waals surface area contributed by atoms with Gasteiger partial charge in [-0.2, -0.15) is 0 Å². The molecule has 0 aliphatic carbocycles. The molecule has 0 atom stereocenters. The maximum atomic E-state index is 10.3. The third-order valence-electron chi connectivity index (χ3n) is 1.21. The molecule has 0 fully saturated rings. The lowest BCUT2D eigenvalue weighted by Gasteiger charge is -2.11. The number of anilines is 2. The van der Waals surface area contributed by atoms with Crippen molar-refractivity contribution in [3.63, 3.8) is 0 Å². The Morgan fingerprint density at radius 1 is 1.92 bits per heavy atom. The summed E-state index contributed by atoms with van der Waals surface area (Å²) in [6.45, 7) is -0.0625. The average Bonchev–Trinajstić information content (AvgIpc) is 2.34. The van der Waals surface area contributed by atoms with Crippen LogP contribution in [0, 0.1) is 0 Å². The summed E-state index contributed by atoms with van der Waals surface area (Å²) in [7, 11) is 1.66. The predicted molar refractivity (Wildman–Crippen MR) is 47.4 cm³/mol. The van der Waals surface area contributed by atoms with Crippen LogP contribution in [0.15, 0.2) is 6.20 Å². The quantitative estimate of drug-likeness (QED) is 0.708. The molecule has 1 heterocycles. The zero-order valence-electron chi connectivity index (χ0n) is 6.52. The molecule has 5 nitrogen and oxygen atoms in total. The minimum absolute atomic E-state index is 0.0625. The molecule has 0 spiro atoms. The van der Waals surface area contributed by atoms with E-state index in [0.29, 0.717) is 10.1 Å². The summed E-state index contributed by atoms with van der Waals surface area (Å²) < 4.78 is 0. The molecule has 3 N–H and O–H groups in total. The first-order chi connectivity index (χ1) is 5.59. The molecule has 6 heteroatoms. The van der Waals surface area contributed by atoms with Gasteiger partial charge in [0, 0.05) is 7.05 Å². The third-order valence-corrected chi connectivity index (χ3v) is 2.15. The molecule has 0 unspecified atom stereocenters. The van der Waals surface area contributed by atoms with Crippen LogP contribution in [0.1, 0.15) is 0 Å². The first-order valence-electron chi connectivity index (χ1n) is 3.24. The lowest BCUT2D eigenvalue weighted by atomic mass is 10.6. The van der Waals surface area contributed by atoms with Gasteiger partial charge in [0.25, 0.3) is 0 Å². The van der Waals surface area contributed by atoms with Gasteiger partial charge in [0.15, 0.2) is 5.13 Å². The number of carboxylic acids is 1. The van der Waals surface area contributed by atoms with Gasteiger partial charge in [-0.3, -0.25) is 4.79 Å². The van der Waals surface area contributed by atoms with Crippen LogP contribution in [0.5, 0.6) is 0 Å². The fraction of sp³-hybridized carbons (Fsp3) is 0.333. The highest BCUT2D eigenvalue weighted by molar-refractivity contribution is 7.19. The van der Waals surface area contributed by atoms with E-state index in [1.54, 1.807) is 7.05 Å². The van der Waals surface area contributed by atoms with Gasteiger partial charge in [-0.25, -0.2) is 4.98 Å². The summed E-state index contributed by atoms with van der Waals surface area (Å²) >= 11 is 1.27. The van der Waals surface area contributed by atoms with Crippen LogP contribution in [0.25, 0.3) is 0 Å². The van der Waals surface area contributed by atoms with E-state index in [1.807, 2.05) is 0 Å². The first kappa shape index (κ1) is 8.79. The Balaban J connectivity index is 2.64. The highest BCUT2D eigenvalue weighted by Gasteiger charge is 2.08. The number of aliphatic carboxylic acids is 1. The van der Waals surface area contributed by atoms with Crippen molar-refractivity contribution >= 4 is 27.4 Å². The number of thiazole rings is 1. The molecule has 1 rings (SSSR count). The van der Waals surface area contributed by atoms with Crippen LogP contribution in [0.3, 0.4) is 0 Å². The second-order valence-electron chi connectivity index (χ2n) is 2.30. The van der Waals surface area contributed by atoms with E-state index in [9.17, 15) is 4.79 Å². The van der Waals surface area contributed by atoms with Crippen LogP contribution in [0.2, 0.25) is 0 Å². The van der Waals surface area contributed by atoms with E-state index >= 15 is 0 Å². The second kappa shape index (κ2) is 3.40. The topological polar surface area (TPSA) is 79.5 Å². The Labute approximate surface area is 73.4 Å². The maximum absolute atomic E-state index is 10.3. The molecule has 0 bridgehead atoms. The van der Waals surface area contributed by atoms with Crippen molar-refractivity contribution in [1.82, 2.24) is 4.98 Å². The molecule has 66 valence electrons. The third kappa shape index (κ3) is 2.09. The van der Waals surface area contributed by atoms with Crippen LogP contribution < -0.4 is 10.6 Å². The molecule has 1 aromatic heterocycles. The molecule has 0 amide bonds. The number of rotatable bonds is 3. The fourth-order valence-corrected chi connectivity index (χ4v) is 1.37. The van der Waals surface area contributed by atoms with Gasteiger partial charge in [0.2, 0.25) is 0 Å². The van der Waals surface area contributed by atoms with E-state index in [-0.39, 0.29) is 6.54 Å². The number of nitrogens with zero attached hydrogens (tertiary/aromatic N) is 2. The van der Waals surface area contributed by atoms with Gasteiger partial charge in [-0.15, -0.1) is 0 Å². The Hall–Kier alpha value is -1.30. The van der Waals surface area contributed by atoms with Gasteiger partial charge in [-0.05, 0) is 0 Å². The zero-order valence-corrected chi connectivity index (χ0v) is 7.34. The lowest BCUT2D eigenvalue weighted by molar-refractivity contribution is -0.135. The molecular formula is C6H9N3O2S. The molecule has 0 aliphatic heterocycles. The largest absolute Gasteiger partial charge is 0.480 e. The van der Waals surface area contributed by atoms with Crippen molar-refractivity contribution in [2.75, 3.05) is 24.2 Å². The van der Waals surface area contributed by atoms with Crippen molar-refractivity contribution in [3.8, 4) is 0 Å². The van der Waals surface area contributed by atoms with E-state index in [2.05, 4.69) is 4.98 Å². The Kier molecular flexibility index (Phi) is 2.49. The highest BCUT2D eigenvalue weighted by atomic mass is 32.1. The number of nitrogen functional groups attached to an aromatic ring is 1. The lowest BCUT2D eigenvalue weighted by Crippen LogP contribution is -2.24. The normalized spacial score (nSPS) is 9.75. The molecule has 0 radical (unpaired) electrons. The zero-order chi connectivity index (χ0) is 9.14. The summed E-state index contributed by atoms with van der Waals surface area (Å²) in [4.78, 5) is 15.7. The summed E-state index contributed by atoms with van der Waals surface area (Å²) in [6, 6.07) is 0. The van der Waals surface area contributed by atoms with E-state index in [0.717, 1.165) is 0 Å². The molecule has 0 saturated carbocycles. The Morgan fingerprint density at radius 2 is 2.58 bits per heavy atom. The van der Waals surface area contributed by atoms with Crippen molar-refractivity contribution in [1.29, 1.82) is 0 Å². The van der Waals surface area contributed by atoms with Gasteiger partial charge < -0.3 is 15.7 Å². The molecule has 0 saturated heterocycles. The fourth-order valence-electron chi connectivity index (χ4n) is 0.724. The Bertz CT molecular complexity index is 286. The van der Waals surface area contributed by atoms with Crippen LogP contribution >= 0.6 is 11.3 Å². The first-order valence-corrected chi connectivity index (χ1v) is 4.05. The second-order valence-corrected chi connectivity index (χ2v) is 3.34. The van der Waals surface area contributed by atoms with E-state index in [4.69, 9.17) is 10.8 Å². The molecule has 12 heavy (non-hydrogen) atoms. The number of hydrogen-bond donors (Lipinski definition) is 2. The Morgan fingerprint density at radius 3 is 3.00 bits per heavy atom. The van der Waals surface area contributed by atoms with Crippen molar-refractivity contribution in [2.24, 2.45) is 0 Å². The number of carbonyl (C=O) groups is 1. The van der Waals surface area contributed by atoms with E-state index < -0.39 is 5.97 Å². The maximum Gasteiger partial charge on any atom is 0.323 e. The SMILES string of the molecule is CN(CC(=O)O)c1ncc(N)s1. The standard InChI is InChI=1S/C6H9N3O2S/c1-9(3-5(10)11)6-8-2-4(7)12-6/h2H,3,7H2,1H3,(H,10,11). The summed E-state index contributed by atoms with van der Waals surface area (Å²) in [6.07, 6.45) is 1.51. The molecule has 0 aliphatic rings. The number of likely N-dealkylation sites (N-methyl/N-ethyl adjacent to an activating group) is 1. The number of carboxylic acid groups (broad SMARTS) is 1. The minimum atomic E-state index is -0.883. The minimum Gasteiger partial charge on any atom is -0.480 e. The summed E-state index contributed by atoms with van der Waals surface area (Å²) in [5.74, 6) is -0.883. The summed E-state index contributed by atoms with van der Waals surface area (Å²) in [5.41, 5.74) is 5.43. The van der Waals surface area contributed by atoms with Crippen molar-refractivity contribution in [2.45, 2.75) is 0 Å². The van der Waals surface area contributed by atoms with Crippen LogP contribution in [-0.4, -0.2) is 29.7 Å². The molecule has 1 aromatic rings. The van der Waals surface area contributed by atoms with E-state index in [1.165, 1.54) is 22.4 Å². The number of hydrogen-bond acceptors (Lipinski definition) is 5. The smallest absolute Gasteiger partial charge is 0.323 e.